The number of aliphatic hydroxyl groups is 1. The lowest BCUT2D eigenvalue weighted by molar-refractivity contribution is 0.350. The SMILES string of the molecule is COc1ccc(C#CCO)cc1NS(=O)(=O)NCC(C)C. The van der Waals surface area contributed by atoms with Crippen molar-refractivity contribution in [1.82, 2.24) is 4.72 Å². The second-order valence-electron chi connectivity index (χ2n) is 4.72. The molecular formula is C14H20N2O4S. The van der Waals surface area contributed by atoms with Crippen LogP contribution in [0.15, 0.2) is 18.2 Å². The quantitative estimate of drug-likeness (QED) is 0.682. The maximum Gasteiger partial charge on any atom is 0.299 e. The summed E-state index contributed by atoms with van der Waals surface area (Å²) < 4.78 is 33.9. The van der Waals surface area contributed by atoms with Gasteiger partial charge in [0.2, 0.25) is 0 Å². The summed E-state index contributed by atoms with van der Waals surface area (Å²) in [5.74, 6) is 5.80. The molecule has 0 fully saturated rings. The molecule has 0 spiro atoms. The topological polar surface area (TPSA) is 87.7 Å². The van der Waals surface area contributed by atoms with Gasteiger partial charge >= 0.3 is 0 Å². The minimum atomic E-state index is -3.68. The maximum atomic E-state index is 11.9. The number of anilines is 1. The number of nitrogens with one attached hydrogen (secondary N) is 2. The van der Waals surface area contributed by atoms with Gasteiger partial charge in [0, 0.05) is 12.1 Å². The van der Waals surface area contributed by atoms with Crippen molar-refractivity contribution in [2.24, 2.45) is 5.92 Å². The zero-order valence-corrected chi connectivity index (χ0v) is 13.1. The number of rotatable bonds is 6. The molecule has 1 aromatic rings. The Hall–Kier alpha value is -1.75. The van der Waals surface area contributed by atoms with Crippen LogP contribution in [0.4, 0.5) is 5.69 Å². The van der Waals surface area contributed by atoms with Gasteiger partial charge in [-0.05, 0) is 24.1 Å². The first-order valence-electron chi connectivity index (χ1n) is 6.43. The van der Waals surface area contributed by atoms with Crippen molar-refractivity contribution in [1.29, 1.82) is 0 Å². The lowest BCUT2D eigenvalue weighted by Crippen LogP contribution is -2.33. The number of hydrogen-bond donors (Lipinski definition) is 3. The highest BCUT2D eigenvalue weighted by molar-refractivity contribution is 7.90. The molecule has 3 N–H and O–H groups in total. The third kappa shape index (κ3) is 6.04. The molecule has 0 amide bonds. The van der Waals surface area contributed by atoms with E-state index in [4.69, 9.17) is 9.84 Å². The average Bonchev–Trinajstić information content (AvgIpc) is 2.43. The van der Waals surface area contributed by atoms with E-state index in [1.807, 2.05) is 13.8 Å². The molecule has 0 saturated carbocycles. The summed E-state index contributed by atoms with van der Waals surface area (Å²) in [6.45, 7) is 3.90. The summed E-state index contributed by atoms with van der Waals surface area (Å²) in [5.41, 5.74) is 0.866. The van der Waals surface area contributed by atoms with Crippen LogP contribution < -0.4 is 14.2 Å². The van der Waals surface area contributed by atoms with E-state index in [0.29, 0.717) is 23.5 Å². The largest absolute Gasteiger partial charge is 0.495 e. The lowest BCUT2D eigenvalue weighted by Gasteiger charge is -2.13. The first-order chi connectivity index (χ1) is 9.88. The van der Waals surface area contributed by atoms with E-state index in [2.05, 4.69) is 21.3 Å². The second-order valence-corrected chi connectivity index (χ2v) is 6.22. The fourth-order valence-corrected chi connectivity index (χ4v) is 2.54. The van der Waals surface area contributed by atoms with E-state index >= 15 is 0 Å². The number of ether oxygens (including phenoxy) is 1. The van der Waals surface area contributed by atoms with Crippen molar-refractivity contribution in [3.05, 3.63) is 23.8 Å². The van der Waals surface area contributed by atoms with Crippen LogP contribution in [0, 0.1) is 17.8 Å². The Morgan fingerprint density at radius 1 is 1.38 bits per heavy atom. The molecule has 1 aromatic carbocycles. The molecule has 1 rings (SSSR count). The van der Waals surface area contributed by atoms with Crippen molar-refractivity contribution < 1.29 is 18.3 Å². The van der Waals surface area contributed by atoms with Crippen LogP contribution in [-0.4, -0.2) is 33.8 Å². The van der Waals surface area contributed by atoms with Crippen LogP contribution in [0.2, 0.25) is 0 Å². The minimum absolute atomic E-state index is 0.199. The first-order valence-corrected chi connectivity index (χ1v) is 7.91. The molecule has 116 valence electrons. The van der Waals surface area contributed by atoms with Crippen molar-refractivity contribution in [2.75, 3.05) is 25.0 Å². The van der Waals surface area contributed by atoms with E-state index in [1.165, 1.54) is 7.11 Å². The molecule has 0 bridgehead atoms. The number of hydrogen-bond acceptors (Lipinski definition) is 4. The summed E-state index contributed by atoms with van der Waals surface area (Å²) in [4.78, 5) is 0. The van der Waals surface area contributed by atoms with Gasteiger partial charge in [0.05, 0.1) is 12.8 Å². The number of benzene rings is 1. The standard InChI is InChI=1S/C14H20N2O4S/c1-11(2)10-15-21(18,19)16-13-9-12(5-4-8-17)6-7-14(13)20-3/h6-7,9,11,15-17H,8,10H2,1-3H3. The Labute approximate surface area is 125 Å². The Morgan fingerprint density at radius 2 is 2.10 bits per heavy atom. The fraction of sp³-hybridized carbons (Fsp3) is 0.429. The zero-order valence-electron chi connectivity index (χ0n) is 12.3. The molecule has 0 unspecified atom stereocenters. The van der Waals surface area contributed by atoms with Gasteiger partial charge in [-0.25, -0.2) is 0 Å². The molecule has 0 aliphatic heterocycles. The molecule has 0 aliphatic carbocycles. The highest BCUT2D eigenvalue weighted by Gasteiger charge is 2.13. The summed E-state index contributed by atoms with van der Waals surface area (Å²) in [5, 5.41) is 8.69. The smallest absolute Gasteiger partial charge is 0.299 e. The highest BCUT2D eigenvalue weighted by atomic mass is 32.2. The van der Waals surface area contributed by atoms with Crippen LogP contribution in [0.25, 0.3) is 0 Å². The van der Waals surface area contributed by atoms with E-state index < -0.39 is 10.2 Å². The third-order valence-electron chi connectivity index (χ3n) is 2.44. The lowest BCUT2D eigenvalue weighted by atomic mass is 10.2. The van der Waals surface area contributed by atoms with Crippen molar-refractivity contribution in [3.8, 4) is 17.6 Å². The van der Waals surface area contributed by atoms with Gasteiger partial charge in [0.15, 0.2) is 0 Å². The molecule has 0 saturated heterocycles. The van der Waals surface area contributed by atoms with E-state index in [1.54, 1.807) is 18.2 Å². The van der Waals surface area contributed by atoms with Crippen LogP contribution in [0.3, 0.4) is 0 Å². The zero-order chi connectivity index (χ0) is 15.9. The van der Waals surface area contributed by atoms with E-state index in [9.17, 15) is 8.42 Å². The van der Waals surface area contributed by atoms with Crippen LogP contribution >= 0.6 is 0 Å². The number of methoxy groups -OCH3 is 1. The first kappa shape index (κ1) is 17.3. The Bertz CT molecular complexity index is 630. The summed E-state index contributed by atoms with van der Waals surface area (Å²) >= 11 is 0. The van der Waals surface area contributed by atoms with Crippen molar-refractivity contribution in [2.45, 2.75) is 13.8 Å². The molecule has 0 atom stereocenters. The van der Waals surface area contributed by atoms with Gasteiger partial charge in [-0.3, -0.25) is 4.72 Å². The van der Waals surface area contributed by atoms with Crippen molar-refractivity contribution >= 4 is 15.9 Å². The predicted octanol–water partition coefficient (Wildman–Crippen LogP) is 0.941. The predicted molar refractivity (Wildman–Crippen MR) is 82.3 cm³/mol. The van der Waals surface area contributed by atoms with Crippen LogP contribution in [0.5, 0.6) is 5.75 Å². The third-order valence-corrected chi connectivity index (χ3v) is 3.47. The number of aliphatic hydroxyl groups excluding tert-OH is 1. The average molecular weight is 312 g/mol. The van der Waals surface area contributed by atoms with Gasteiger partial charge < -0.3 is 9.84 Å². The summed E-state index contributed by atoms with van der Waals surface area (Å²) in [6, 6.07) is 4.85. The van der Waals surface area contributed by atoms with Crippen LogP contribution in [-0.2, 0) is 10.2 Å². The molecule has 0 aromatic heterocycles. The Balaban J connectivity index is 2.99. The Kier molecular flexibility index (Phi) is 6.49. The molecular weight excluding hydrogens is 292 g/mol. The highest BCUT2D eigenvalue weighted by Crippen LogP contribution is 2.25. The minimum Gasteiger partial charge on any atom is -0.495 e. The second kappa shape index (κ2) is 7.88. The Morgan fingerprint density at radius 3 is 2.67 bits per heavy atom. The molecule has 7 heteroatoms. The van der Waals surface area contributed by atoms with E-state index in [0.717, 1.165) is 0 Å². The summed E-state index contributed by atoms with van der Waals surface area (Å²) in [7, 11) is -2.22. The van der Waals surface area contributed by atoms with Gasteiger partial charge in [-0.2, -0.15) is 13.1 Å². The molecule has 0 heterocycles. The molecule has 0 radical (unpaired) electrons. The van der Waals surface area contributed by atoms with E-state index in [-0.39, 0.29) is 12.5 Å². The molecule has 21 heavy (non-hydrogen) atoms. The fourth-order valence-electron chi connectivity index (χ4n) is 1.46. The molecule has 6 nitrogen and oxygen atoms in total. The maximum absolute atomic E-state index is 11.9. The van der Waals surface area contributed by atoms with Gasteiger partial charge in [-0.1, -0.05) is 25.7 Å². The summed E-state index contributed by atoms with van der Waals surface area (Å²) in [6.07, 6.45) is 0. The van der Waals surface area contributed by atoms with Gasteiger partial charge in [-0.15, -0.1) is 0 Å². The monoisotopic (exact) mass is 312 g/mol. The van der Waals surface area contributed by atoms with Gasteiger partial charge in [0.25, 0.3) is 10.2 Å². The normalized spacial score (nSPS) is 10.9. The molecule has 0 aliphatic rings. The van der Waals surface area contributed by atoms with Gasteiger partial charge in [0.1, 0.15) is 12.4 Å². The van der Waals surface area contributed by atoms with Crippen molar-refractivity contribution in [3.63, 3.8) is 0 Å². The van der Waals surface area contributed by atoms with Crippen LogP contribution in [0.1, 0.15) is 19.4 Å².